The molecule has 2 N–H and O–H groups in total. The monoisotopic (exact) mass is 246 g/mol. The first-order chi connectivity index (χ1) is 8.49. The van der Waals surface area contributed by atoms with Crippen LogP contribution in [0.2, 0.25) is 0 Å². The summed E-state index contributed by atoms with van der Waals surface area (Å²) in [7, 11) is 0. The molecule has 0 aliphatic carbocycles. The molecule has 0 radical (unpaired) electrons. The summed E-state index contributed by atoms with van der Waals surface area (Å²) >= 11 is 0. The van der Waals surface area contributed by atoms with Gasteiger partial charge in [0, 0.05) is 12.2 Å². The van der Waals surface area contributed by atoms with Crippen LogP contribution in [0.5, 0.6) is 0 Å². The zero-order valence-electron chi connectivity index (χ0n) is 11.4. The number of anilines is 1. The number of nitrogens with two attached hydrogens (primary N) is 1. The van der Waals surface area contributed by atoms with Gasteiger partial charge < -0.3 is 10.6 Å². The van der Waals surface area contributed by atoms with Gasteiger partial charge in [0.05, 0.1) is 6.04 Å². The summed E-state index contributed by atoms with van der Waals surface area (Å²) in [6.07, 6.45) is 1.69. The smallest absolute Gasteiger partial charge is 0.243 e. The number of hydrogen-bond donors (Lipinski definition) is 1. The third-order valence-corrected chi connectivity index (χ3v) is 3.44. The molecule has 18 heavy (non-hydrogen) atoms. The number of carbonyl (C=O) groups excluding carboxylic acids is 1. The second-order valence-corrected chi connectivity index (χ2v) is 5.61. The summed E-state index contributed by atoms with van der Waals surface area (Å²) in [4.78, 5) is 14.2. The van der Waals surface area contributed by atoms with E-state index in [0.717, 1.165) is 25.1 Å². The van der Waals surface area contributed by atoms with Gasteiger partial charge in [0.1, 0.15) is 0 Å². The van der Waals surface area contributed by atoms with Gasteiger partial charge in [-0.15, -0.1) is 0 Å². The normalized spacial score (nSPS) is 15.9. The number of nitrogens with zero attached hydrogens (tertiary/aromatic N) is 1. The van der Waals surface area contributed by atoms with Crippen molar-refractivity contribution in [3.63, 3.8) is 0 Å². The Balaban J connectivity index is 2.15. The number of hydrogen-bond acceptors (Lipinski definition) is 2. The summed E-state index contributed by atoms with van der Waals surface area (Å²) in [5.74, 6) is 0.510. The van der Waals surface area contributed by atoms with Crippen molar-refractivity contribution in [1.82, 2.24) is 0 Å². The van der Waals surface area contributed by atoms with Crippen molar-refractivity contribution >= 4 is 11.6 Å². The summed E-state index contributed by atoms with van der Waals surface area (Å²) in [6, 6.07) is 5.88. The lowest BCUT2D eigenvalue weighted by Gasteiger charge is -2.22. The number of aryl methyl sites for hydroxylation is 1. The van der Waals surface area contributed by atoms with Crippen LogP contribution in [-0.4, -0.2) is 18.5 Å². The van der Waals surface area contributed by atoms with Crippen molar-refractivity contribution < 1.29 is 4.79 Å². The van der Waals surface area contributed by atoms with Crippen LogP contribution in [0.15, 0.2) is 18.2 Å². The Labute approximate surface area is 109 Å². The Kier molecular flexibility index (Phi) is 3.71. The maximum atomic E-state index is 12.3. The van der Waals surface area contributed by atoms with E-state index in [9.17, 15) is 4.79 Å². The standard InChI is InChI=1S/C15H22N2O/c1-10(2)8-13(16)15(18)17-7-6-12-9-11(3)4-5-14(12)17/h4-5,9-10,13H,6-8,16H2,1-3H3/t13-/m0/s1. The zero-order chi connectivity index (χ0) is 13.3. The van der Waals surface area contributed by atoms with Crippen LogP contribution in [0.3, 0.4) is 0 Å². The topological polar surface area (TPSA) is 46.3 Å². The first-order valence-corrected chi connectivity index (χ1v) is 6.65. The number of fused-ring (bicyclic) bond motifs is 1. The predicted octanol–water partition coefficient (Wildman–Crippen LogP) is 2.26. The lowest BCUT2D eigenvalue weighted by atomic mass is 10.0. The molecule has 0 unspecified atom stereocenters. The summed E-state index contributed by atoms with van der Waals surface area (Å²) in [5, 5.41) is 0. The zero-order valence-corrected chi connectivity index (χ0v) is 11.4. The first-order valence-electron chi connectivity index (χ1n) is 6.65. The fourth-order valence-corrected chi connectivity index (χ4v) is 2.57. The Bertz CT molecular complexity index is 454. The van der Waals surface area contributed by atoms with Gasteiger partial charge >= 0.3 is 0 Å². The molecule has 1 heterocycles. The second kappa shape index (κ2) is 5.11. The molecular formula is C15H22N2O. The number of benzene rings is 1. The van der Waals surface area contributed by atoms with E-state index < -0.39 is 0 Å². The SMILES string of the molecule is Cc1ccc2c(c1)CCN2C(=O)[C@@H](N)CC(C)C. The van der Waals surface area contributed by atoms with Crippen LogP contribution >= 0.6 is 0 Å². The minimum Gasteiger partial charge on any atom is -0.320 e. The second-order valence-electron chi connectivity index (χ2n) is 5.61. The molecule has 1 aliphatic rings. The van der Waals surface area contributed by atoms with Gasteiger partial charge in [0.15, 0.2) is 0 Å². The molecule has 3 nitrogen and oxygen atoms in total. The Hall–Kier alpha value is -1.35. The number of amides is 1. The van der Waals surface area contributed by atoms with Gasteiger partial charge in [0.25, 0.3) is 0 Å². The van der Waals surface area contributed by atoms with Gasteiger partial charge in [-0.3, -0.25) is 4.79 Å². The molecule has 0 saturated carbocycles. The van der Waals surface area contributed by atoms with Crippen LogP contribution in [0.25, 0.3) is 0 Å². The average molecular weight is 246 g/mol. The molecule has 0 fully saturated rings. The van der Waals surface area contributed by atoms with Crippen molar-refractivity contribution in [2.45, 2.75) is 39.7 Å². The molecule has 3 heteroatoms. The molecule has 1 amide bonds. The molecule has 2 rings (SSSR count). The molecule has 1 aromatic rings. The summed E-state index contributed by atoms with van der Waals surface area (Å²) in [6.45, 7) is 7.03. The van der Waals surface area contributed by atoms with Crippen molar-refractivity contribution in [1.29, 1.82) is 0 Å². The molecule has 1 atom stereocenters. The molecule has 0 spiro atoms. The fraction of sp³-hybridized carbons (Fsp3) is 0.533. The molecule has 0 aromatic heterocycles. The molecular weight excluding hydrogens is 224 g/mol. The highest BCUT2D eigenvalue weighted by Crippen LogP contribution is 2.29. The predicted molar refractivity (Wildman–Crippen MR) is 74.7 cm³/mol. The lowest BCUT2D eigenvalue weighted by Crippen LogP contribution is -2.43. The van der Waals surface area contributed by atoms with E-state index >= 15 is 0 Å². The van der Waals surface area contributed by atoms with Gasteiger partial charge in [0.2, 0.25) is 5.91 Å². The molecule has 1 aliphatic heterocycles. The largest absolute Gasteiger partial charge is 0.320 e. The van der Waals surface area contributed by atoms with E-state index in [0.29, 0.717) is 5.92 Å². The highest BCUT2D eigenvalue weighted by Gasteiger charge is 2.28. The summed E-state index contributed by atoms with van der Waals surface area (Å²) in [5.41, 5.74) is 9.55. The minimum atomic E-state index is -0.378. The van der Waals surface area contributed by atoms with Crippen LogP contribution in [0.1, 0.15) is 31.4 Å². The maximum Gasteiger partial charge on any atom is 0.243 e. The molecule has 0 saturated heterocycles. The van der Waals surface area contributed by atoms with Crippen LogP contribution < -0.4 is 10.6 Å². The molecule has 98 valence electrons. The minimum absolute atomic E-state index is 0.0614. The van der Waals surface area contributed by atoms with E-state index in [-0.39, 0.29) is 11.9 Å². The van der Waals surface area contributed by atoms with Gasteiger partial charge in [-0.2, -0.15) is 0 Å². The maximum absolute atomic E-state index is 12.3. The van der Waals surface area contributed by atoms with Crippen molar-refractivity contribution in [3.8, 4) is 0 Å². The van der Waals surface area contributed by atoms with E-state index in [1.165, 1.54) is 11.1 Å². The van der Waals surface area contributed by atoms with Crippen molar-refractivity contribution in [2.75, 3.05) is 11.4 Å². The van der Waals surface area contributed by atoms with Crippen LogP contribution in [-0.2, 0) is 11.2 Å². The van der Waals surface area contributed by atoms with Crippen molar-refractivity contribution in [3.05, 3.63) is 29.3 Å². The van der Waals surface area contributed by atoms with Gasteiger partial charge in [-0.05, 0) is 37.3 Å². The number of carbonyl (C=O) groups is 1. The average Bonchev–Trinajstić information content (AvgIpc) is 2.69. The highest BCUT2D eigenvalue weighted by atomic mass is 16.2. The van der Waals surface area contributed by atoms with Gasteiger partial charge in [-0.25, -0.2) is 0 Å². The third-order valence-electron chi connectivity index (χ3n) is 3.44. The van der Waals surface area contributed by atoms with E-state index in [1.807, 2.05) is 11.0 Å². The molecule has 0 bridgehead atoms. The van der Waals surface area contributed by atoms with E-state index in [2.05, 4.69) is 32.9 Å². The van der Waals surface area contributed by atoms with Crippen molar-refractivity contribution in [2.24, 2.45) is 11.7 Å². The van der Waals surface area contributed by atoms with E-state index in [1.54, 1.807) is 0 Å². The Morgan fingerprint density at radius 3 is 2.83 bits per heavy atom. The quantitative estimate of drug-likeness (QED) is 0.889. The van der Waals surface area contributed by atoms with Crippen LogP contribution in [0.4, 0.5) is 5.69 Å². The Morgan fingerprint density at radius 2 is 2.17 bits per heavy atom. The third kappa shape index (κ3) is 2.56. The van der Waals surface area contributed by atoms with E-state index in [4.69, 9.17) is 5.73 Å². The van der Waals surface area contributed by atoms with Crippen LogP contribution in [0, 0.1) is 12.8 Å². The lowest BCUT2D eigenvalue weighted by molar-refractivity contribution is -0.120. The Morgan fingerprint density at radius 1 is 1.44 bits per heavy atom. The molecule has 1 aromatic carbocycles. The number of rotatable bonds is 3. The summed E-state index contributed by atoms with van der Waals surface area (Å²) < 4.78 is 0. The first kappa shape index (κ1) is 13.1. The highest BCUT2D eigenvalue weighted by molar-refractivity contribution is 5.98. The van der Waals surface area contributed by atoms with Gasteiger partial charge in [-0.1, -0.05) is 31.5 Å². The fourth-order valence-electron chi connectivity index (χ4n) is 2.57.